The van der Waals surface area contributed by atoms with Gasteiger partial charge in [-0.1, -0.05) is 42.5 Å². The Bertz CT molecular complexity index is 999. The van der Waals surface area contributed by atoms with Crippen LogP contribution in [-0.4, -0.2) is 30.4 Å². The highest BCUT2D eigenvalue weighted by Gasteiger charge is 2.11. The Kier molecular flexibility index (Phi) is 7.17. The van der Waals surface area contributed by atoms with Gasteiger partial charge in [-0.25, -0.2) is 0 Å². The van der Waals surface area contributed by atoms with Gasteiger partial charge in [-0.2, -0.15) is 10.2 Å². The van der Waals surface area contributed by atoms with Crippen molar-refractivity contribution < 1.29 is 14.6 Å². The molecule has 6 nitrogen and oxygen atoms in total. The van der Waals surface area contributed by atoms with E-state index in [1.807, 2.05) is 54.6 Å². The van der Waals surface area contributed by atoms with Gasteiger partial charge in [-0.3, -0.25) is 0 Å². The predicted octanol–water partition coefficient (Wildman–Crippen LogP) is 3.29. The molecule has 0 amide bonds. The number of aromatic nitrogens is 1. The maximum Gasteiger partial charge on any atom is 0.220 e. The first kappa shape index (κ1) is 20.3. The van der Waals surface area contributed by atoms with Crippen molar-refractivity contribution in [3.05, 3.63) is 77.4 Å². The highest BCUT2D eigenvalue weighted by molar-refractivity contribution is 5.73. The third kappa shape index (κ3) is 5.11. The van der Waals surface area contributed by atoms with Crippen molar-refractivity contribution in [2.45, 2.75) is 13.2 Å². The molecule has 1 aromatic heterocycles. The number of nitrogens with one attached hydrogen (secondary N) is 1. The van der Waals surface area contributed by atoms with Crippen LogP contribution >= 0.6 is 0 Å². The molecule has 0 aliphatic rings. The number of ether oxygens (including phenoxy) is 2. The van der Waals surface area contributed by atoms with E-state index in [0.717, 1.165) is 22.3 Å². The van der Waals surface area contributed by atoms with Gasteiger partial charge >= 0.3 is 0 Å². The molecule has 0 radical (unpaired) electrons. The summed E-state index contributed by atoms with van der Waals surface area (Å²) in [6, 6.07) is 21.3. The van der Waals surface area contributed by atoms with Crippen LogP contribution in [0.5, 0.6) is 11.8 Å². The topological polar surface area (TPSA) is 87.4 Å². The van der Waals surface area contributed by atoms with Crippen molar-refractivity contribution in [1.29, 1.82) is 5.26 Å². The average molecular weight is 389 g/mol. The molecule has 0 aliphatic carbocycles. The zero-order valence-corrected chi connectivity index (χ0v) is 16.3. The van der Waals surface area contributed by atoms with Crippen LogP contribution in [0, 0.1) is 11.3 Å². The zero-order chi connectivity index (χ0) is 20.5. The van der Waals surface area contributed by atoms with Gasteiger partial charge in [0.2, 0.25) is 11.8 Å². The maximum absolute atomic E-state index is 9.42. The zero-order valence-electron chi connectivity index (χ0n) is 16.3. The Hall–Kier alpha value is -3.40. The number of pyridine rings is 1. The summed E-state index contributed by atoms with van der Waals surface area (Å²) in [5.74, 6) is 0.937. The molecule has 0 unspecified atom stereocenters. The molecule has 6 heteroatoms. The fourth-order valence-corrected chi connectivity index (χ4v) is 3.02. The van der Waals surface area contributed by atoms with Crippen LogP contribution in [-0.2, 0) is 13.2 Å². The summed E-state index contributed by atoms with van der Waals surface area (Å²) in [5.41, 5.74) is 4.31. The van der Waals surface area contributed by atoms with Crippen LogP contribution in [0.2, 0.25) is 0 Å². The molecule has 1 heterocycles. The molecule has 3 rings (SSSR count). The van der Waals surface area contributed by atoms with Gasteiger partial charge in [0.25, 0.3) is 0 Å². The van der Waals surface area contributed by atoms with E-state index in [1.54, 1.807) is 13.2 Å². The first-order valence-electron chi connectivity index (χ1n) is 9.32. The average Bonchev–Trinajstić information content (AvgIpc) is 2.78. The van der Waals surface area contributed by atoms with E-state index in [2.05, 4.69) is 16.4 Å². The molecule has 2 N–H and O–H groups in total. The van der Waals surface area contributed by atoms with Crippen LogP contribution in [0.4, 0.5) is 0 Å². The number of nitrogens with zero attached hydrogens (tertiary/aromatic N) is 2. The molecule has 0 saturated carbocycles. The third-order valence-electron chi connectivity index (χ3n) is 4.44. The van der Waals surface area contributed by atoms with Crippen molar-refractivity contribution >= 4 is 0 Å². The number of aliphatic hydroxyl groups is 1. The number of rotatable bonds is 9. The first-order valence-corrected chi connectivity index (χ1v) is 9.32. The Morgan fingerprint density at radius 3 is 2.52 bits per heavy atom. The summed E-state index contributed by atoms with van der Waals surface area (Å²) in [6.07, 6.45) is 0. The van der Waals surface area contributed by atoms with Crippen molar-refractivity contribution in [3.8, 4) is 29.0 Å². The Labute approximate surface area is 170 Å². The molecule has 0 saturated heterocycles. The van der Waals surface area contributed by atoms with E-state index >= 15 is 0 Å². The molecule has 0 aliphatic heterocycles. The van der Waals surface area contributed by atoms with E-state index in [-0.39, 0.29) is 6.61 Å². The lowest BCUT2D eigenvalue weighted by atomic mass is 9.96. The fourth-order valence-electron chi connectivity index (χ4n) is 3.02. The second-order valence-electron chi connectivity index (χ2n) is 6.32. The minimum Gasteiger partial charge on any atom is -0.481 e. The van der Waals surface area contributed by atoms with E-state index in [0.29, 0.717) is 37.0 Å². The Morgan fingerprint density at radius 1 is 1.00 bits per heavy atom. The molecule has 0 atom stereocenters. The Morgan fingerprint density at radius 2 is 1.76 bits per heavy atom. The first-order chi connectivity index (χ1) is 14.3. The fraction of sp³-hybridized carbons (Fsp3) is 0.217. The molecular weight excluding hydrogens is 366 g/mol. The second kappa shape index (κ2) is 10.2. The lowest BCUT2D eigenvalue weighted by molar-refractivity contribution is 0.284. The molecule has 2 aromatic carbocycles. The number of methoxy groups -OCH3 is 1. The summed E-state index contributed by atoms with van der Waals surface area (Å²) in [4.78, 5) is 4.42. The molecule has 0 fully saturated rings. The largest absolute Gasteiger partial charge is 0.481 e. The molecule has 29 heavy (non-hydrogen) atoms. The number of nitriles is 1. The van der Waals surface area contributed by atoms with Crippen LogP contribution < -0.4 is 14.8 Å². The van der Waals surface area contributed by atoms with E-state index in [9.17, 15) is 5.26 Å². The molecule has 0 spiro atoms. The summed E-state index contributed by atoms with van der Waals surface area (Å²) in [6.45, 7) is 1.44. The van der Waals surface area contributed by atoms with Crippen LogP contribution in [0.3, 0.4) is 0 Å². The standard InChI is InChI=1S/C23H23N3O3/c1-28-23-18(15-25-12-13-27)10-11-22(26-23)29-16-19-7-3-5-9-21(19)20-8-4-2-6-17(20)14-24/h2-11,25,27H,12-13,15-16H2,1H3. The molecule has 3 aromatic rings. The number of hydrogen-bond donors (Lipinski definition) is 2. The quantitative estimate of drug-likeness (QED) is 0.546. The van der Waals surface area contributed by atoms with Crippen LogP contribution in [0.15, 0.2) is 60.7 Å². The van der Waals surface area contributed by atoms with Gasteiger partial charge in [-0.05, 0) is 28.8 Å². The van der Waals surface area contributed by atoms with Gasteiger partial charge in [0, 0.05) is 24.7 Å². The van der Waals surface area contributed by atoms with E-state index < -0.39 is 0 Å². The third-order valence-corrected chi connectivity index (χ3v) is 4.44. The van der Waals surface area contributed by atoms with E-state index in [1.165, 1.54) is 0 Å². The summed E-state index contributed by atoms with van der Waals surface area (Å²) in [5, 5.41) is 21.4. The van der Waals surface area contributed by atoms with Gasteiger partial charge in [0.1, 0.15) is 6.61 Å². The molecule has 0 bridgehead atoms. The highest BCUT2D eigenvalue weighted by atomic mass is 16.5. The number of hydrogen-bond acceptors (Lipinski definition) is 6. The molecule has 148 valence electrons. The lowest BCUT2D eigenvalue weighted by Crippen LogP contribution is -2.18. The smallest absolute Gasteiger partial charge is 0.220 e. The second-order valence-corrected chi connectivity index (χ2v) is 6.32. The molecular formula is C23H23N3O3. The summed E-state index contributed by atoms with van der Waals surface area (Å²) in [7, 11) is 1.57. The lowest BCUT2D eigenvalue weighted by Gasteiger charge is -2.13. The van der Waals surface area contributed by atoms with Crippen molar-refractivity contribution in [1.82, 2.24) is 10.3 Å². The number of aliphatic hydroxyl groups excluding tert-OH is 1. The summed E-state index contributed by atoms with van der Waals surface area (Å²) >= 11 is 0. The van der Waals surface area contributed by atoms with E-state index in [4.69, 9.17) is 14.6 Å². The van der Waals surface area contributed by atoms with Gasteiger partial charge in [0.15, 0.2) is 0 Å². The van der Waals surface area contributed by atoms with Gasteiger partial charge in [0.05, 0.1) is 25.3 Å². The van der Waals surface area contributed by atoms with Crippen molar-refractivity contribution in [2.75, 3.05) is 20.3 Å². The Balaban J connectivity index is 1.78. The van der Waals surface area contributed by atoms with Crippen molar-refractivity contribution in [2.24, 2.45) is 0 Å². The maximum atomic E-state index is 9.42. The summed E-state index contributed by atoms with van der Waals surface area (Å²) < 4.78 is 11.3. The van der Waals surface area contributed by atoms with Crippen LogP contribution in [0.25, 0.3) is 11.1 Å². The van der Waals surface area contributed by atoms with Gasteiger partial charge in [-0.15, -0.1) is 0 Å². The van der Waals surface area contributed by atoms with Crippen molar-refractivity contribution in [3.63, 3.8) is 0 Å². The monoisotopic (exact) mass is 389 g/mol. The normalized spacial score (nSPS) is 10.4. The SMILES string of the molecule is COc1nc(OCc2ccccc2-c2ccccc2C#N)ccc1CNCCO. The predicted molar refractivity (Wildman–Crippen MR) is 111 cm³/mol. The van der Waals surface area contributed by atoms with Gasteiger partial charge < -0.3 is 19.9 Å². The highest BCUT2D eigenvalue weighted by Crippen LogP contribution is 2.28. The van der Waals surface area contributed by atoms with Crippen LogP contribution in [0.1, 0.15) is 16.7 Å². The number of benzene rings is 2. The minimum atomic E-state index is 0.0747. The minimum absolute atomic E-state index is 0.0747.